The number of hydrogen-bond donors (Lipinski definition) is 1. The Balaban J connectivity index is 0.00000128. The van der Waals surface area contributed by atoms with E-state index in [-0.39, 0.29) is 29.6 Å². The summed E-state index contributed by atoms with van der Waals surface area (Å²) in [6.07, 6.45) is -0.667. The molecule has 0 spiro atoms. The lowest BCUT2D eigenvalue weighted by molar-refractivity contribution is 0.176. The zero-order chi connectivity index (χ0) is 11.0. The number of alkyl carbamates (subject to hydrolysis) is 1. The van der Waals surface area contributed by atoms with Crippen molar-refractivity contribution >= 4 is 30.1 Å². The highest BCUT2D eigenvalue weighted by molar-refractivity contribution is 6.31. The van der Waals surface area contributed by atoms with Gasteiger partial charge in [0.05, 0.1) is 11.1 Å². The van der Waals surface area contributed by atoms with E-state index < -0.39 is 23.8 Å². The van der Waals surface area contributed by atoms with Gasteiger partial charge in [-0.2, -0.15) is 0 Å². The number of benzene rings is 1. The van der Waals surface area contributed by atoms with Crippen LogP contribution < -0.4 is 5.32 Å². The minimum atomic E-state index is -0.735. The van der Waals surface area contributed by atoms with Gasteiger partial charge < -0.3 is 10.1 Å². The van der Waals surface area contributed by atoms with Crippen LogP contribution in [0.15, 0.2) is 12.1 Å². The third-order valence-corrected chi connectivity index (χ3v) is 2.49. The predicted octanol–water partition coefficient (Wildman–Crippen LogP) is 2.82. The summed E-state index contributed by atoms with van der Waals surface area (Å²) >= 11 is 5.60. The molecule has 3 nitrogen and oxygen atoms in total. The van der Waals surface area contributed by atoms with Crippen molar-refractivity contribution < 1.29 is 18.3 Å². The van der Waals surface area contributed by atoms with Crippen LogP contribution in [0.4, 0.5) is 13.6 Å². The molecule has 1 aliphatic heterocycles. The molecule has 2 rings (SSSR count). The highest BCUT2D eigenvalue weighted by atomic mass is 35.5. The molecule has 0 bridgehead atoms. The van der Waals surface area contributed by atoms with Crippen molar-refractivity contribution in [2.75, 3.05) is 6.61 Å². The molecule has 0 radical (unpaired) electrons. The number of ether oxygens (including phenoxy) is 1. The van der Waals surface area contributed by atoms with Gasteiger partial charge in [-0.1, -0.05) is 11.6 Å². The third-order valence-electron chi connectivity index (χ3n) is 2.10. The summed E-state index contributed by atoms with van der Waals surface area (Å²) in [7, 11) is 0. The molecule has 7 heteroatoms. The van der Waals surface area contributed by atoms with Crippen LogP contribution in [0.5, 0.6) is 0 Å². The van der Waals surface area contributed by atoms with Crippen molar-refractivity contribution in [3.8, 4) is 0 Å². The topological polar surface area (TPSA) is 38.3 Å². The summed E-state index contributed by atoms with van der Waals surface area (Å²) in [5, 5.41) is 2.00. The highest BCUT2D eigenvalue weighted by Crippen LogP contribution is 2.30. The molecule has 1 N–H and O–H groups in total. The Morgan fingerprint density at radius 3 is 2.56 bits per heavy atom. The number of halogens is 4. The largest absolute Gasteiger partial charge is 0.447 e. The zero-order valence-electron chi connectivity index (χ0n) is 7.80. The Morgan fingerprint density at radius 1 is 1.38 bits per heavy atom. The van der Waals surface area contributed by atoms with E-state index in [0.717, 1.165) is 12.1 Å². The van der Waals surface area contributed by atoms with Crippen LogP contribution in [-0.2, 0) is 4.74 Å². The van der Waals surface area contributed by atoms with Crippen molar-refractivity contribution in [1.82, 2.24) is 5.32 Å². The minimum absolute atomic E-state index is 0. The van der Waals surface area contributed by atoms with Gasteiger partial charge in [0.1, 0.15) is 18.2 Å². The maximum atomic E-state index is 13.4. The van der Waals surface area contributed by atoms with E-state index in [1.165, 1.54) is 0 Å². The molecule has 1 atom stereocenters. The number of amides is 1. The second-order valence-electron chi connectivity index (χ2n) is 3.05. The Kier molecular flexibility index (Phi) is 3.93. The molecule has 1 aromatic rings. The standard InChI is InChI=1S/C9H6ClF2NO2.ClH/c10-8-5(12)2-1-4(11)7(8)6-3-15-9(14)13-6;/h1-2,6H,3H2,(H,13,14);1H/t6-;/m0./s1. The zero-order valence-corrected chi connectivity index (χ0v) is 9.37. The molecular weight excluding hydrogens is 263 g/mol. The van der Waals surface area contributed by atoms with Gasteiger partial charge in [-0.3, -0.25) is 0 Å². The average Bonchev–Trinajstić information content (AvgIpc) is 2.59. The first-order chi connectivity index (χ1) is 7.09. The molecule has 16 heavy (non-hydrogen) atoms. The van der Waals surface area contributed by atoms with E-state index >= 15 is 0 Å². The first-order valence-corrected chi connectivity index (χ1v) is 4.54. The van der Waals surface area contributed by atoms with Gasteiger partial charge in [0.15, 0.2) is 0 Å². The normalized spacial score (nSPS) is 18.7. The highest BCUT2D eigenvalue weighted by Gasteiger charge is 2.29. The minimum Gasteiger partial charge on any atom is -0.447 e. The molecule has 0 aromatic heterocycles. The van der Waals surface area contributed by atoms with Crippen molar-refractivity contribution in [1.29, 1.82) is 0 Å². The SMILES string of the molecule is Cl.O=C1N[C@H](c2c(F)ccc(F)c2Cl)CO1. The molecule has 0 saturated carbocycles. The summed E-state index contributed by atoms with van der Waals surface area (Å²) in [5.41, 5.74) is -0.0810. The van der Waals surface area contributed by atoms with Crippen LogP contribution in [0.25, 0.3) is 0 Å². The van der Waals surface area contributed by atoms with Crippen LogP contribution in [0.3, 0.4) is 0 Å². The van der Waals surface area contributed by atoms with Gasteiger partial charge in [0.2, 0.25) is 0 Å². The lowest BCUT2D eigenvalue weighted by Crippen LogP contribution is -2.20. The summed E-state index contributed by atoms with van der Waals surface area (Å²) in [6, 6.07) is 1.15. The molecule has 1 aromatic carbocycles. The summed E-state index contributed by atoms with van der Waals surface area (Å²) in [5.74, 6) is -1.40. The lowest BCUT2D eigenvalue weighted by Gasteiger charge is -2.11. The summed E-state index contributed by atoms with van der Waals surface area (Å²) < 4.78 is 31.0. The van der Waals surface area contributed by atoms with E-state index in [0.29, 0.717) is 0 Å². The van der Waals surface area contributed by atoms with E-state index in [9.17, 15) is 13.6 Å². The third kappa shape index (κ3) is 2.20. The fourth-order valence-electron chi connectivity index (χ4n) is 1.40. The van der Waals surface area contributed by atoms with Gasteiger partial charge in [-0.25, -0.2) is 13.6 Å². The molecule has 1 aliphatic rings. The molecular formula is C9H7Cl2F2NO2. The van der Waals surface area contributed by atoms with Crippen molar-refractivity contribution in [2.24, 2.45) is 0 Å². The monoisotopic (exact) mass is 269 g/mol. The van der Waals surface area contributed by atoms with Crippen LogP contribution in [0.1, 0.15) is 11.6 Å². The first kappa shape index (κ1) is 13.0. The van der Waals surface area contributed by atoms with Gasteiger partial charge >= 0.3 is 6.09 Å². The molecule has 88 valence electrons. The van der Waals surface area contributed by atoms with Gasteiger partial charge in [-0.15, -0.1) is 12.4 Å². The molecule has 1 amide bonds. The van der Waals surface area contributed by atoms with Crippen molar-refractivity contribution in [3.63, 3.8) is 0 Å². The van der Waals surface area contributed by atoms with Crippen LogP contribution in [0, 0.1) is 11.6 Å². The van der Waals surface area contributed by atoms with Crippen LogP contribution in [0.2, 0.25) is 5.02 Å². The maximum absolute atomic E-state index is 13.4. The fraction of sp³-hybridized carbons (Fsp3) is 0.222. The van der Waals surface area contributed by atoms with Gasteiger partial charge in [0.25, 0.3) is 0 Å². The number of hydrogen-bond acceptors (Lipinski definition) is 2. The number of cyclic esters (lactones) is 1. The first-order valence-electron chi connectivity index (χ1n) is 4.16. The van der Waals surface area contributed by atoms with E-state index in [2.05, 4.69) is 10.1 Å². The maximum Gasteiger partial charge on any atom is 0.407 e. The molecule has 0 aliphatic carbocycles. The van der Waals surface area contributed by atoms with Crippen LogP contribution in [-0.4, -0.2) is 12.7 Å². The molecule has 1 fully saturated rings. The number of carbonyl (C=O) groups excluding carboxylic acids is 1. The van der Waals surface area contributed by atoms with Gasteiger partial charge in [0, 0.05) is 5.56 Å². The second kappa shape index (κ2) is 4.84. The van der Waals surface area contributed by atoms with Crippen LogP contribution >= 0.6 is 24.0 Å². The number of carbonyl (C=O) groups is 1. The Bertz CT molecular complexity index is 428. The summed E-state index contributed by atoms with van der Waals surface area (Å²) in [4.78, 5) is 10.7. The molecule has 1 saturated heterocycles. The van der Waals surface area contributed by atoms with E-state index in [4.69, 9.17) is 11.6 Å². The molecule has 1 heterocycles. The number of nitrogens with one attached hydrogen (secondary N) is 1. The average molecular weight is 270 g/mol. The number of rotatable bonds is 1. The summed E-state index contributed by atoms with van der Waals surface area (Å²) in [6.45, 7) is -0.0566. The second-order valence-corrected chi connectivity index (χ2v) is 3.43. The Morgan fingerprint density at radius 2 is 2.00 bits per heavy atom. The van der Waals surface area contributed by atoms with E-state index in [1.807, 2.05) is 0 Å². The fourth-order valence-corrected chi connectivity index (χ4v) is 1.69. The van der Waals surface area contributed by atoms with Crippen molar-refractivity contribution in [3.05, 3.63) is 34.4 Å². The van der Waals surface area contributed by atoms with E-state index in [1.54, 1.807) is 0 Å². The van der Waals surface area contributed by atoms with Crippen molar-refractivity contribution in [2.45, 2.75) is 6.04 Å². The predicted molar refractivity (Wildman–Crippen MR) is 55.8 cm³/mol. The molecule has 0 unspecified atom stereocenters. The lowest BCUT2D eigenvalue weighted by atomic mass is 10.1. The Labute approximate surface area is 101 Å². The quantitative estimate of drug-likeness (QED) is 0.797. The van der Waals surface area contributed by atoms with Gasteiger partial charge in [-0.05, 0) is 12.1 Å². The Hall–Kier alpha value is -1.07. The smallest absolute Gasteiger partial charge is 0.407 e.